The highest BCUT2D eigenvalue weighted by molar-refractivity contribution is 14.1. The van der Waals surface area contributed by atoms with E-state index in [-0.39, 0.29) is 22.9 Å². The normalized spacial score (nSPS) is 14.4. The lowest BCUT2D eigenvalue weighted by Gasteiger charge is -2.32. The van der Waals surface area contributed by atoms with E-state index in [9.17, 15) is 26.3 Å². The molecule has 0 spiro atoms. The SMILES string of the molecule is NC(Cc1ccccc1)(c1cc(F)cc(C(F)(F)I)c1)c1ccc(P)c(C(F)(F)F)c1. The highest BCUT2D eigenvalue weighted by Gasteiger charge is 2.38. The summed E-state index contributed by atoms with van der Waals surface area (Å²) in [4.78, 5) is 0. The van der Waals surface area contributed by atoms with E-state index in [1.54, 1.807) is 30.3 Å². The van der Waals surface area contributed by atoms with Gasteiger partial charge < -0.3 is 5.73 Å². The number of alkyl halides is 6. The molecule has 0 fully saturated rings. The third kappa shape index (κ3) is 5.41. The maximum absolute atomic E-state index is 14.3. The van der Waals surface area contributed by atoms with Crippen LogP contribution in [-0.2, 0) is 22.1 Å². The summed E-state index contributed by atoms with van der Waals surface area (Å²) in [6.07, 6.45) is -4.68. The first kappa shape index (κ1) is 24.0. The van der Waals surface area contributed by atoms with Crippen LogP contribution in [0.25, 0.3) is 0 Å². The summed E-state index contributed by atoms with van der Waals surface area (Å²) < 4.78 is 79.3. The van der Waals surface area contributed by atoms with E-state index in [1.165, 1.54) is 12.1 Å². The Balaban J connectivity index is 2.26. The lowest BCUT2D eigenvalue weighted by atomic mass is 9.78. The third-order valence-electron chi connectivity index (χ3n) is 4.94. The van der Waals surface area contributed by atoms with Crippen LogP contribution in [0.1, 0.15) is 27.8 Å². The van der Waals surface area contributed by atoms with Gasteiger partial charge in [-0.15, -0.1) is 9.24 Å². The summed E-state index contributed by atoms with van der Waals surface area (Å²) in [7, 11) is 2.01. The van der Waals surface area contributed by atoms with Gasteiger partial charge in [0.25, 0.3) is 0 Å². The fourth-order valence-corrected chi connectivity index (χ4v) is 4.03. The van der Waals surface area contributed by atoms with Gasteiger partial charge in [0.1, 0.15) is 5.82 Å². The van der Waals surface area contributed by atoms with Crippen LogP contribution in [-0.4, -0.2) is 0 Å². The van der Waals surface area contributed by atoms with Crippen molar-refractivity contribution in [3.8, 4) is 0 Å². The van der Waals surface area contributed by atoms with Gasteiger partial charge in [-0.1, -0.05) is 42.5 Å². The minimum absolute atomic E-state index is 0.0307. The molecule has 3 aromatic carbocycles. The second-order valence-corrected chi connectivity index (χ2v) is 9.14. The number of hydrogen-bond acceptors (Lipinski definition) is 1. The molecule has 0 aromatic heterocycles. The van der Waals surface area contributed by atoms with Gasteiger partial charge >= 0.3 is 10.1 Å². The molecule has 3 aromatic rings. The minimum atomic E-state index is -4.65. The van der Waals surface area contributed by atoms with E-state index >= 15 is 0 Å². The van der Waals surface area contributed by atoms with Crippen LogP contribution in [0, 0.1) is 5.82 Å². The summed E-state index contributed by atoms with van der Waals surface area (Å²) in [6, 6.07) is 14.9. The molecule has 31 heavy (non-hydrogen) atoms. The number of halogens is 7. The van der Waals surface area contributed by atoms with Crippen LogP contribution < -0.4 is 11.0 Å². The minimum Gasteiger partial charge on any atom is -0.317 e. The molecule has 1 nitrogen and oxygen atoms in total. The number of rotatable bonds is 5. The first-order chi connectivity index (χ1) is 14.3. The molecule has 2 N–H and O–H groups in total. The van der Waals surface area contributed by atoms with E-state index in [0.717, 1.165) is 40.8 Å². The van der Waals surface area contributed by atoms with Gasteiger partial charge in [-0.05, 0) is 52.7 Å². The Hall–Kier alpha value is -1.64. The fourth-order valence-electron chi connectivity index (χ4n) is 3.38. The van der Waals surface area contributed by atoms with Crippen molar-refractivity contribution >= 4 is 37.1 Å². The Bertz CT molecular complexity index is 1080. The van der Waals surface area contributed by atoms with Crippen molar-refractivity contribution in [2.45, 2.75) is 22.1 Å². The summed E-state index contributed by atoms with van der Waals surface area (Å²) >= 11 is 0.870. The third-order valence-corrected chi connectivity index (χ3v) is 6.07. The molecule has 9 heteroatoms. The molecule has 0 aliphatic heterocycles. The molecule has 164 valence electrons. The maximum Gasteiger partial charge on any atom is 0.417 e. The van der Waals surface area contributed by atoms with Gasteiger partial charge in [0.2, 0.25) is 0 Å². The zero-order chi connectivity index (χ0) is 23.0. The molecule has 0 aliphatic carbocycles. The Morgan fingerprint density at radius 3 is 2.00 bits per heavy atom. The van der Waals surface area contributed by atoms with Crippen LogP contribution in [0.15, 0.2) is 66.7 Å². The molecule has 0 amide bonds. The lowest BCUT2D eigenvalue weighted by Crippen LogP contribution is -2.41. The molecule has 2 atom stereocenters. The quantitative estimate of drug-likeness (QED) is 0.167. The van der Waals surface area contributed by atoms with Crippen molar-refractivity contribution in [1.29, 1.82) is 0 Å². The maximum atomic E-state index is 14.3. The number of nitrogens with two attached hydrogens (primary N) is 1. The Labute approximate surface area is 191 Å². The molecular formula is C22H17F6INP. The van der Waals surface area contributed by atoms with Gasteiger partial charge in [-0.2, -0.15) is 22.0 Å². The van der Waals surface area contributed by atoms with Gasteiger partial charge in [-0.3, -0.25) is 0 Å². The average Bonchev–Trinajstić information content (AvgIpc) is 2.67. The van der Waals surface area contributed by atoms with Crippen molar-refractivity contribution in [2.24, 2.45) is 5.73 Å². The van der Waals surface area contributed by atoms with E-state index in [4.69, 9.17) is 5.73 Å². The van der Waals surface area contributed by atoms with Crippen molar-refractivity contribution < 1.29 is 26.3 Å². The molecular weight excluding hydrogens is 550 g/mol. The molecule has 3 rings (SSSR count). The van der Waals surface area contributed by atoms with Crippen molar-refractivity contribution in [1.82, 2.24) is 0 Å². The first-order valence-electron chi connectivity index (χ1n) is 8.99. The van der Waals surface area contributed by atoms with Crippen LogP contribution >= 0.6 is 31.8 Å². The molecule has 0 aliphatic rings. The van der Waals surface area contributed by atoms with Gasteiger partial charge in [0.15, 0.2) is 0 Å². The van der Waals surface area contributed by atoms with Crippen molar-refractivity contribution in [3.63, 3.8) is 0 Å². The van der Waals surface area contributed by atoms with E-state index in [1.807, 2.05) is 9.24 Å². The summed E-state index contributed by atoms with van der Waals surface area (Å²) in [5, 5.41) is -0.0861. The van der Waals surface area contributed by atoms with Gasteiger partial charge in [-0.25, -0.2) is 4.39 Å². The van der Waals surface area contributed by atoms with Gasteiger partial charge in [0, 0.05) is 28.2 Å². The Morgan fingerprint density at radius 1 is 0.806 bits per heavy atom. The molecule has 0 saturated carbocycles. The van der Waals surface area contributed by atoms with Crippen LogP contribution in [0.3, 0.4) is 0 Å². The molecule has 0 radical (unpaired) electrons. The largest absolute Gasteiger partial charge is 0.417 e. The fraction of sp³-hybridized carbons (Fsp3) is 0.182. The van der Waals surface area contributed by atoms with E-state index < -0.39 is 32.6 Å². The van der Waals surface area contributed by atoms with E-state index in [2.05, 4.69) is 0 Å². The molecule has 2 unspecified atom stereocenters. The predicted molar refractivity (Wildman–Crippen MR) is 120 cm³/mol. The number of hydrogen-bond donors (Lipinski definition) is 1. The van der Waals surface area contributed by atoms with Crippen LogP contribution in [0.2, 0.25) is 0 Å². The first-order valence-corrected chi connectivity index (χ1v) is 10.6. The van der Waals surface area contributed by atoms with Crippen LogP contribution in [0.5, 0.6) is 0 Å². The summed E-state index contributed by atoms with van der Waals surface area (Å²) in [5.74, 6) is -0.953. The van der Waals surface area contributed by atoms with Crippen molar-refractivity contribution in [3.05, 3.63) is 100 Å². The second-order valence-electron chi connectivity index (χ2n) is 7.16. The lowest BCUT2D eigenvalue weighted by molar-refractivity contribution is -0.136. The van der Waals surface area contributed by atoms with Crippen LogP contribution in [0.4, 0.5) is 26.3 Å². The van der Waals surface area contributed by atoms with Crippen molar-refractivity contribution in [2.75, 3.05) is 0 Å². The highest BCUT2D eigenvalue weighted by atomic mass is 127. The van der Waals surface area contributed by atoms with E-state index in [0.29, 0.717) is 11.6 Å². The summed E-state index contributed by atoms with van der Waals surface area (Å²) in [5.41, 5.74) is 4.02. The zero-order valence-corrected chi connectivity index (χ0v) is 19.2. The average molecular weight is 567 g/mol. The zero-order valence-electron chi connectivity index (χ0n) is 15.9. The predicted octanol–water partition coefficient (Wildman–Crippen LogP) is 6.27. The number of benzene rings is 3. The second kappa shape index (κ2) is 8.71. The standard InChI is InChI=1S/C22H17F6INP/c23-17-9-15(8-16(10-17)22(27,28)29)20(30,12-13-4-2-1-3-5-13)14-6-7-19(31)18(11-14)21(24,25)26/h1-11H,12,30-31H2. The molecule has 0 heterocycles. The molecule has 0 bridgehead atoms. The topological polar surface area (TPSA) is 26.0 Å². The van der Waals surface area contributed by atoms with Gasteiger partial charge in [0.05, 0.1) is 11.1 Å². The Morgan fingerprint density at radius 2 is 1.42 bits per heavy atom. The Kier molecular flexibility index (Phi) is 6.75. The monoisotopic (exact) mass is 567 g/mol. The molecule has 0 saturated heterocycles. The highest BCUT2D eigenvalue weighted by Crippen LogP contribution is 2.40. The summed E-state index contributed by atoms with van der Waals surface area (Å²) in [6.45, 7) is 0. The smallest absolute Gasteiger partial charge is 0.317 e.